The standard InChI is InChI=1S/C21H25N5OS2/c1-14-23-24-20(28-14)26-11-7-17(8-12-26)27-21-22-18-4-3-16(13-19(18)29-21)15-5-9-25(2)10-6-15/h3-5,13,17H,6-12H2,1-2H3. The monoisotopic (exact) mass is 427 g/mol. The van der Waals surface area contributed by atoms with Gasteiger partial charge in [-0.3, -0.25) is 0 Å². The van der Waals surface area contributed by atoms with Crippen LogP contribution in [0.15, 0.2) is 24.3 Å². The van der Waals surface area contributed by atoms with Crippen molar-refractivity contribution in [2.75, 3.05) is 38.1 Å². The first-order chi connectivity index (χ1) is 14.1. The summed E-state index contributed by atoms with van der Waals surface area (Å²) in [6.45, 7) is 6.06. The first-order valence-corrected chi connectivity index (χ1v) is 11.8. The number of anilines is 1. The van der Waals surface area contributed by atoms with Crippen molar-refractivity contribution in [3.05, 3.63) is 34.8 Å². The van der Waals surface area contributed by atoms with Gasteiger partial charge in [-0.15, -0.1) is 10.2 Å². The molecule has 5 rings (SSSR count). The smallest absolute Gasteiger partial charge is 0.274 e. The van der Waals surface area contributed by atoms with Crippen LogP contribution in [-0.2, 0) is 0 Å². The van der Waals surface area contributed by atoms with E-state index in [2.05, 4.69) is 51.3 Å². The number of rotatable bonds is 4. The molecule has 2 aliphatic heterocycles. The number of ether oxygens (including phenoxy) is 1. The molecule has 0 unspecified atom stereocenters. The third-order valence-corrected chi connectivity index (χ3v) is 7.46. The third kappa shape index (κ3) is 4.15. The summed E-state index contributed by atoms with van der Waals surface area (Å²) in [5, 5.41) is 11.2. The number of thiazole rings is 1. The van der Waals surface area contributed by atoms with Crippen LogP contribution >= 0.6 is 22.7 Å². The van der Waals surface area contributed by atoms with Crippen LogP contribution in [0, 0.1) is 6.92 Å². The van der Waals surface area contributed by atoms with E-state index in [1.54, 1.807) is 22.7 Å². The minimum Gasteiger partial charge on any atom is -0.467 e. The molecule has 1 aromatic carbocycles. The first kappa shape index (κ1) is 19.0. The fourth-order valence-electron chi connectivity index (χ4n) is 3.91. The molecule has 4 heterocycles. The normalized spacial score (nSPS) is 19.0. The van der Waals surface area contributed by atoms with Crippen molar-refractivity contribution < 1.29 is 4.74 Å². The number of fused-ring (bicyclic) bond motifs is 1. The molecular weight excluding hydrogens is 402 g/mol. The van der Waals surface area contributed by atoms with Crippen molar-refractivity contribution in [2.24, 2.45) is 0 Å². The molecule has 2 aromatic heterocycles. The Kier molecular flexibility index (Phi) is 5.24. The third-order valence-electron chi connectivity index (χ3n) is 5.65. The quantitative estimate of drug-likeness (QED) is 0.621. The van der Waals surface area contributed by atoms with Crippen molar-refractivity contribution in [3.8, 4) is 5.19 Å². The maximum atomic E-state index is 6.26. The van der Waals surface area contributed by atoms with Gasteiger partial charge in [0.25, 0.3) is 5.19 Å². The predicted molar refractivity (Wildman–Crippen MR) is 120 cm³/mol. The lowest BCUT2D eigenvalue weighted by Crippen LogP contribution is -2.38. The van der Waals surface area contributed by atoms with Crippen LogP contribution < -0.4 is 9.64 Å². The van der Waals surface area contributed by atoms with Crippen molar-refractivity contribution >= 4 is 43.6 Å². The number of aryl methyl sites for hydroxylation is 1. The molecule has 152 valence electrons. The second kappa shape index (κ2) is 8.01. The van der Waals surface area contributed by atoms with Gasteiger partial charge in [0.1, 0.15) is 11.1 Å². The largest absolute Gasteiger partial charge is 0.467 e. The lowest BCUT2D eigenvalue weighted by Gasteiger charge is -2.30. The van der Waals surface area contributed by atoms with E-state index in [4.69, 9.17) is 9.72 Å². The van der Waals surface area contributed by atoms with E-state index in [-0.39, 0.29) is 6.10 Å². The van der Waals surface area contributed by atoms with E-state index < -0.39 is 0 Å². The Morgan fingerprint density at radius 1 is 1.10 bits per heavy atom. The Labute approximate surface area is 178 Å². The highest BCUT2D eigenvalue weighted by atomic mass is 32.1. The van der Waals surface area contributed by atoms with Crippen LogP contribution in [0.4, 0.5) is 5.13 Å². The second-order valence-electron chi connectivity index (χ2n) is 7.81. The van der Waals surface area contributed by atoms with Gasteiger partial charge in [0, 0.05) is 39.0 Å². The molecule has 0 bridgehead atoms. The number of nitrogens with zero attached hydrogens (tertiary/aromatic N) is 5. The van der Waals surface area contributed by atoms with Crippen LogP contribution in [0.5, 0.6) is 5.19 Å². The molecule has 0 atom stereocenters. The molecule has 8 heteroatoms. The van der Waals surface area contributed by atoms with Gasteiger partial charge in [0.05, 0.1) is 10.2 Å². The van der Waals surface area contributed by atoms with E-state index in [1.165, 1.54) is 15.8 Å². The maximum absolute atomic E-state index is 6.26. The van der Waals surface area contributed by atoms with Crippen LogP contribution in [-0.4, -0.2) is 59.4 Å². The number of likely N-dealkylation sites (N-methyl/N-ethyl adjacent to an activating group) is 1. The molecule has 3 aromatic rings. The summed E-state index contributed by atoms with van der Waals surface area (Å²) in [5.74, 6) is 0. The van der Waals surface area contributed by atoms with Crippen molar-refractivity contribution in [1.29, 1.82) is 0 Å². The summed E-state index contributed by atoms with van der Waals surface area (Å²) in [5.41, 5.74) is 3.80. The Morgan fingerprint density at radius 2 is 1.97 bits per heavy atom. The second-order valence-corrected chi connectivity index (χ2v) is 9.97. The minimum atomic E-state index is 0.219. The van der Waals surface area contributed by atoms with Crippen LogP contribution in [0.2, 0.25) is 0 Å². The summed E-state index contributed by atoms with van der Waals surface area (Å²) in [4.78, 5) is 9.38. The molecule has 1 fully saturated rings. The summed E-state index contributed by atoms with van der Waals surface area (Å²) in [6.07, 6.45) is 5.64. The highest BCUT2D eigenvalue weighted by Gasteiger charge is 2.24. The highest BCUT2D eigenvalue weighted by Crippen LogP contribution is 2.33. The van der Waals surface area contributed by atoms with E-state index in [1.807, 2.05) is 6.92 Å². The summed E-state index contributed by atoms with van der Waals surface area (Å²) in [6, 6.07) is 6.61. The van der Waals surface area contributed by atoms with Gasteiger partial charge in [-0.1, -0.05) is 34.8 Å². The number of hydrogen-bond donors (Lipinski definition) is 0. The fourth-order valence-corrected chi connectivity index (χ4v) is 5.57. The van der Waals surface area contributed by atoms with Gasteiger partial charge in [-0.25, -0.2) is 4.98 Å². The van der Waals surface area contributed by atoms with E-state index >= 15 is 0 Å². The molecule has 2 aliphatic rings. The van der Waals surface area contributed by atoms with Gasteiger partial charge in [-0.05, 0) is 43.7 Å². The number of piperidine rings is 1. The van der Waals surface area contributed by atoms with Gasteiger partial charge < -0.3 is 14.5 Å². The Hall–Kier alpha value is -2.03. The lowest BCUT2D eigenvalue weighted by molar-refractivity contribution is 0.170. The summed E-state index contributed by atoms with van der Waals surface area (Å²) < 4.78 is 7.46. The SMILES string of the molecule is Cc1nnc(N2CCC(Oc3nc4ccc(C5=CCN(C)CC5)cc4s3)CC2)s1. The van der Waals surface area contributed by atoms with Crippen LogP contribution in [0.1, 0.15) is 29.8 Å². The molecule has 0 spiro atoms. The topological polar surface area (TPSA) is 54.4 Å². The molecule has 29 heavy (non-hydrogen) atoms. The van der Waals surface area contributed by atoms with Crippen LogP contribution in [0.25, 0.3) is 15.8 Å². The van der Waals surface area contributed by atoms with E-state index in [0.29, 0.717) is 0 Å². The predicted octanol–water partition coefficient (Wildman–Crippen LogP) is 4.22. The van der Waals surface area contributed by atoms with E-state index in [9.17, 15) is 0 Å². The molecule has 0 saturated carbocycles. The zero-order valence-corrected chi connectivity index (χ0v) is 18.4. The van der Waals surface area contributed by atoms with Gasteiger partial charge in [0.2, 0.25) is 5.13 Å². The maximum Gasteiger partial charge on any atom is 0.274 e. The number of benzene rings is 1. The lowest BCUT2D eigenvalue weighted by atomic mass is 10.00. The zero-order valence-electron chi connectivity index (χ0n) is 16.8. The van der Waals surface area contributed by atoms with Crippen molar-refractivity contribution in [1.82, 2.24) is 20.1 Å². The Morgan fingerprint density at radius 3 is 2.69 bits per heavy atom. The average Bonchev–Trinajstić information content (AvgIpc) is 3.34. The molecule has 6 nitrogen and oxygen atoms in total. The highest BCUT2D eigenvalue weighted by molar-refractivity contribution is 7.20. The molecule has 0 aliphatic carbocycles. The average molecular weight is 428 g/mol. The molecular formula is C21H25N5OS2. The molecule has 0 N–H and O–H groups in total. The fraction of sp³-hybridized carbons (Fsp3) is 0.476. The van der Waals surface area contributed by atoms with Crippen molar-refractivity contribution in [2.45, 2.75) is 32.3 Å². The van der Waals surface area contributed by atoms with Gasteiger partial charge >= 0.3 is 0 Å². The Balaban J connectivity index is 1.24. The Bertz CT molecular complexity index is 1030. The summed E-state index contributed by atoms with van der Waals surface area (Å²) >= 11 is 3.33. The van der Waals surface area contributed by atoms with Gasteiger partial charge in [-0.2, -0.15) is 0 Å². The van der Waals surface area contributed by atoms with Crippen LogP contribution in [0.3, 0.4) is 0 Å². The molecule has 0 radical (unpaired) electrons. The van der Waals surface area contributed by atoms with Crippen molar-refractivity contribution in [3.63, 3.8) is 0 Å². The molecule has 1 saturated heterocycles. The summed E-state index contributed by atoms with van der Waals surface area (Å²) in [7, 11) is 2.17. The number of aromatic nitrogens is 3. The van der Waals surface area contributed by atoms with E-state index in [0.717, 1.165) is 66.3 Å². The van der Waals surface area contributed by atoms with Gasteiger partial charge in [0.15, 0.2) is 0 Å². The minimum absolute atomic E-state index is 0.219. The zero-order chi connectivity index (χ0) is 19.8. The first-order valence-electron chi connectivity index (χ1n) is 10.1. The molecule has 0 amide bonds. The number of hydrogen-bond acceptors (Lipinski definition) is 8.